The number of carbonyl (C=O) groups excluding carboxylic acids is 1. The number of hydrogen-bond acceptors (Lipinski definition) is 4. The van der Waals surface area contributed by atoms with Crippen molar-refractivity contribution in [3.8, 4) is 11.5 Å². The van der Waals surface area contributed by atoms with Crippen LogP contribution in [-0.2, 0) is 0 Å². The normalized spacial score (nSPS) is 10.9. The van der Waals surface area contributed by atoms with Gasteiger partial charge in [0.1, 0.15) is 11.5 Å². The molecule has 0 aliphatic heterocycles. The van der Waals surface area contributed by atoms with Crippen molar-refractivity contribution < 1.29 is 14.3 Å². The molecule has 24 heavy (non-hydrogen) atoms. The number of anilines is 2. The molecule has 0 saturated carbocycles. The van der Waals surface area contributed by atoms with Gasteiger partial charge in [-0.3, -0.25) is 4.79 Å². The van der Waals surface area contributed by atoms with Crippen LogP contribution >= 0.6 is 0 Å². The van der Waals surface area contributed by atoms with Gasteiger partial charge in [0.2, 0.25) is 0 Å². The third-order valence-electron chi connectivity index (χ3n) is 3.28. The Bertz CT molecular complexity index is 681. The molecule has 2 N–H and O–H groups in total. The molecule has 128 valence electrons. The van der Waals surface area contributed by atoms with Crippen LogP contribution in [0.15, 0.2) is 42.5 Å². The first kappa shape index (κ1) is 17.7. The van der Waals surface area contributed by atoms with Gasteiger partial charge in [-0.25, -0.2) is 0 Å². The predicted octanol–water partition coefficient (Wildman–Crippen LogP) is 4.17. The Morgan fingerprint density at radius 3 is 1.83 bits per heavy atom. The van der Waals surface area contributed by atoms with Gasteiger partial charge >= 0.3 is 0 Å². The average molecular weight is 328 g/mol. The van der Waals surface area contributed by atoms with Crippen molar-refractivity contribution in [1.29, 1.82) is 0 Å². The van der Waals surface area contributed by atoms with Crippen LogP contribution < -0.4 is 20.1 Å². The van der Waals surface area contributed by atoms with Crippen molar-refractivity contribution in [2.75, 3.05) is 24.9 Å². The predicted molar refractivity (Wildman–Crippen MR) is 97.3 cm³/mol. The Kier molecular flexibility index (Phi) is 5.34. The molecule has 0 heterocycles. The van der Waals surface area contributed by atoms with Crippen molar-refractivity contribution >= 4 is 17.3 Å². The smallest absolute Gasteiger partial charge is 0.255 e. The van der Waals surface area contributed by atoms with E-state index in [0.717, 1.165) is 11.4 Å². The highest BCUT2D eigenvalue weighted by atomic mass is 16.5. The molecule has 0 radical (unpaired) electrons. The van der Waals surface area contributed by atoms with E-state index in [-0.39, 0.29) is 11.4 Å². The maximum atomic E-state index is 12.4. The summed E-state index contributed by atoms with van der Waals surface area (Å²) in [5, 5.41) is 6.25. The second-order valence-electron chi connectivity index (χ2n) is 6.51. The largest absolute Gasteiger partial charge is 0.497 e. The molecule has 0 aliphatic rings. The third kappa shape index (κ3) is 4.91. The summed E-state index contributed by atoms with van der Waals surface area (Å²) in [4.78, 5) is 12.4. The first-order chi connectivity index (χ1) is 11.3. The minimum absolute atomic E-state index is 0.0120. The summed E-state index contributed by atoms with van der Waals surface area (Å²) >= 11 is 0. The second kappa shape index (κ2) is 7.25. The number of amides is 1. The third-order valence-corrected chi connectivity index (χ3v) is 3.28. The van der Waals surface area contributed by atoms with Crippen molar-refractivity contribution in [2.45, 2.75) is 26.3 Å². The standard InChI is InChI=1S/C19H24N2O3/c1-19(2,3)21-15-8-6-14(7-9-15)20-18(22)13-10-16(23-4)12-17(11-13)24-5/h6-12,21H,1-5H3,(H,20,22). The van der Waals surface area contributed by atoms with Crippen molar-refractivity contribution in [3.63, 3.8) is 0 Å². The summed E-state index contributed by atoms with van der Waals surface area (Å²) < 4.78 is 10.4. The van der Waals surface area contributed by atoms with Crippen molar-refractivity contribution in [2.24, 2.45) is 0 Å². The number of hydrogen-bond donors (Lipinski definition) is 2. The minimum atomic E-state index is -0.219. The molecule has 0 fully saturated rings. The molecule has 2 aromatic rings. The van der Waals surface area contributed by atoms with E-state index in [4.69, 9.17) is 9.47 Å². The van der Waals surface area contributed by atoms with Crippen LogP contribution in [0.5, 0.6) is 11.5 Å². The summed E-state index contributed by atoms with van der Waals surface area (Å²) in [7, 11) is 3.11. The zero-order valence-electron chi connectivity index (χ0n) is 14.8. The lowest BCUT2D eigenvalue weighted by molar-refractivity contribution is 0.102. The minimum Gasteiger partial charge on any atom is -0.497 e. The van der Waals surface area contributed by atoms with E-state index in [1.165, 1.54) is 0 Å². The van der Waals surface area contributed by atoms with Gasteiger partial charge in [-0.1, -0.05) is 0 Å². The number of ether oxygens (including phenoxy) is 2. The molecule has 0 unspecified atom stereocenters. The fourth-order valence-corrected chi connectivity index (χ4v) is 2.21. The van der Waals surface area contributed by atoms with E-state index in [1.807, 2.05) is 24.3 Å². The SMILES string of the molecule is COc1cc(OC)cc(C(=O)Nc2ccc(NC(C)(C)C)cc2)c1. The summed E-state index contributed by atoms with van der Waals surface area (Å²) in [6, 6.07) is 12.7. The Hall–Kier alpha value is -2.69. The Morgan fingerprint density at radius 1 is 0.875 bits per heavy atom. The van der Waals surface area contributed by atoms with Gasteiger partial charge in [0.05, 0.1) is 14.2 Å². The van der Waals surface area contributed by atoms with E-state index in [9.17, 15) is 4.79 Å². The van der Waals surface area contributed by atoms with Crippen LogP contribution in [0.25, 0.3) is 0 Å². The maximum absolute atomic E-state index is 12.4. The lowest BCUT2D eigenvalue weighted by Gasteiger charge is -2.22. The lowest BCUT2D eigenvalue weighted by atomic mass is 10.1. The van der Waals surface area contributed by atoms with E-state index in [2.05, 4.69) is 31.4 Å². The zero-order chi connectivity index (χ0) is 17.7. The van der Waals surface area contributed by atoms with Crippen LogP contribution in [0.2, 0.25) is 0 Å². The van der Waals surface area contributed by atoms with Gasteiger partial charge in [0.15, 0.2) is 0 Å². The monoisotopic (exact) mass is 328 g/mol. The van der Waals surface area contributed by atoms with Crippen molar-refractivity contribution in [3.05, 3.63) is 48.0 Å². The molecule has 5 nitrogen and oxygen atoms in total. The van der Waals surface area contributed by atoms with Gasteiger partial charge < -0.3 is 20.1 Å². The fourth-order valence-electron chi connectivity index (χ4n) is 2.21. The van der Waals surface area contributed by atoms with Crippen molar-refractivity contribution in [1.82, 2.24) is 0 Å². The molecule has 0 aliphatic carbocycles. The highest BCUT2D eigenvalue weighted by molar-refractivity contribution is 6.04. The van der Waals surface area contributed by atoms with Gasteiger partial charge in [-0.15, -0.1) is 0 Å². The quantitative estimate of drug-likeness (QED) is 0.865. The van der Waals surface area contributed by atoms with Crippen LogP contribution in [0.1, 0.15) is 31.1 Å². The highest BCUT2D eigenvalue weighted by Gasteiger charge is 2.11. The van der Waals surface area contributed by atoms with E-state index in [1.54, 1.807) is 32.4 Å². The maximum Gasteiger partial charge on any atom is 0.255 e. The van der Waals surface area contributed by atoms with Gasteiger partial charge in [-0.05, 0) is 57.2 Å². The molecule has 1 amide bonds. The molecule has 0 spiro atoms. The molecule has 5 heteroatoms. The molecule has 0 bridgehead atoms. The summed E-state index contributed by atoms with van der Waals surface area (Å²) in [6.07, 6.45) is 0. The summed E-state index contributed by atoms with van der Waals surface area (Å²) in [5.41, 5.74) is 2.19. The topological polar surface area (TPSA) is 59.6 Å². The van der Waals surface area contributed by atoms with Crippen LogP contribution in [-0.4, -0.2) is 25.7 Å². The summed E-state index contributed by atoms with van der Waals surface area (Å²) in [6.45, 7) is 6.29. The number of carbonyl (C=O) groups is 1. The van der Waals surface area contributed by atoms with Gasteiger partial charge in [0, 0.05) is 28.5 Å². The van der Waals surface area contributed by atoms with E-state index >= 15 is 0 Å². The first-order valence-corrected chi connectivity index (χ1v) is 7.73. The lowest BCUT2D eigenvalue weighted by Crippen LogP contribution is -2.25. The Morgan fingerprint density at radius 2 is 1.38 bits per heavy atom. The number of methoxy groups -OCH3 is 2. The zero-order valence-corrected chi connectivity index (χ0v) is 14.8. The number of benzene rings is 2. The Labute approximate surface area is 143 Å². The van der Waals surface area contributed by atoms with E-state index in [0.29, 0.717) is 17.1 Å². The number of rotatable bonds is 5. The van der Waals surface area contributed by atoms with Gasteiger partial charge in [0.25, 0.3) is 5.91 Å². The molecular formula is C19H24N2O3. The second-order valence-corrected chi connectivity index (χ2v) is 6.51. The molecule has 0 atom stereocenters. The molecule has 0 aromatic heterocycles. The van der Waals surface area contributed by atoms with E-state index < -0.39 is 0 Å². The average Bonchev–Trinajstić information content (AvgIpc) is 2.54. The van der Waals surface area contributed by atoms with Gasteiger partial charge in [-0.2, -0.15) is 0 Å². The first-order valence-electron chi connectivity index (χ1n) is 7.73. The van der Waals surface area contributed by atoms with Crippen LogP contribution in [0.4, 0.5) is 11.4 Å². The highest BCUT2D eigenvalue weighted by Crippen LogP contribution is 2.24. The molecule has 2 rings (SSSR count). The molecular weight excluding hydrogens is 304 g/mol. The van der Waals surface area contributed by atoms with Crippen LogP contribution in [0.3, 0.4) is 0 Å². The molecule has 2 aromatic carbocycles. The fraction of sp³-hybridized carbons (Fsp3) is 0.316. The Balaban J connectivity index is 2.12. The molecule has 0 saturated heterocycles. The summed E-state index contributed by atoms with van der Waals surface area (Å²) in [5.74, 6) is 0.928. The van der Waals surface area contributed by atoms with Crippen LogP contribution in [0, 0.1) is 0 Å². The number of nitrogens with one attached hydrogen (secondary N) is 2.